The van der Waals surface area contributed by atoms with Gasteiger partial charge in [0.25, 0.3) is 5.91 Å². The Morgan fingerprint density at radius 1 is 1.18 bits per heavy atom. The van der Waals surface area contributed by atoms with E-state index < -0.39 is 17.7 Å². The summed E-state index contributed by atoms with van der Waals surface area (Å²) in [5, 5.41) is 12.7. The van der Waals surface area contributed by atoms with E-state index in [0.29, 0.717) is 33.5 Å². The molecule has 0 saturated heterocycles. The molecule has 0 atom stereocenters. The van der Waals surface area contributed by atoms with Gasteiger partial charge in [0.05, 0.1) is 36.3 Å². The summed E-state index contributed by atoms with van der Waals surface area (Å²) in [5.74, 6) is -1.74. The highest BCUT2D eigenvalue weighted by Crippen LogP contribution is 2.22. The minimum atomic E-state index is -0.654. The molecule has 2 aromatic heterocycles. The maximum absolute atomic E-state index is 14.1. The van der Waals surface area contributed by atoms with E-state index in [0.717, 1.165) is 0 Å². The molecular weight excluding hydrogens is 441 g/mol. The maximum atomic E-state index is 14.1. The van der Waals surface area contributed by atoms with Crippen molar-refractivity contribution in [1.82, 2.24) is 4.98 Å². The molecule has 4 rings (SSSR count). The summed E-state index contributed by atoms with van der Waals surface area (Å²) in [6, 6.07) is 13.5. The van der Waals surface area contributed by atoms with Crippen molar-refractivity contribution in [3.8, 4) is 0 Å². The number of para-hydroxylation sites is 1. The van der Waals surface area contributed by atoms with Crippen LogP contribution in [0.4, 0.5) is 15.8 Å². The third-order valence-corrected chi connectivity index (χ3v) is 5.11. The molecule has 9 heteroatoms. The van der Waals surface area contributed by atoms with E-state index >= 15 is 0 Å². The number of fused-ring (bicyclic) bond motifs is 1. The van der Waals surface area contributed by atoms with Crippen LogP contribution in [-0.2, 0) is 11.3 Å². The first-order chi connectivity index (χ1) is 16.4. The van der Waals surface area contributed by atoms with Crippen LogP contribution in [0.15, 0.2) is 70.2 Å². The van der Waals surface area contributed by atoms with E-state index in [1.807, 2.05) is 0 Å². The molecule has 0 saturated carbocycles. The molecule has 2 aromatic carbocycles. The van der Waals surface area contributed by atoms with Crippen LogP contribution in [0.3, 0.4) is 0 Å². The Bertz CT molecular complexity index is 1460. The molecule has 2 N–H and O–H groups in total. The fourth-order valence-corrected chi connectivity index (χ4v) is 3.32. The minimum absolute atomic E-state index is 0.00531. The van der Waals surface area contributed by atoms with Gasteiger partial charge >= 0.3 is 5.97 Å². The zero-order valence-electron chi connectivity index (χ0n) is 18.3. The zero-order valence-corrected chi connectivity index (χ0v) is 18.3. The van der Waals surface area contributed by atoms with Crippen LogP contribution in [0, 0.1) is 12.7 Å². The number of methoxy groups -OCH3 is 1. The minimum Gasteiger partial charge on any atom is -0.465 e. The monoisotopic (exact) mass is 461 g/mol. The number of hydrogen-bond donors (Lipinski definition) is 2. The quantitative estimate of drug-likeness (QED) is 0.434. The lowest BCUT2D eigenvalue weighted by molar-refractivity contribution is 0.0600. The lowest BCUT2D eigenvalue weighted by Crippen LogP contribution is -2.22. The number of nitrogens with one attached hydrogen (secondary N) is 1. The molecule has 172 valence electrons. The lowest BCUT2D eigenvalue weighted by Gasteiger charge is -2.10. The van der Waals surface area contributed by atoms with Crippen molar-refractivity contribution in [3.63, 3.8) is 0 Å². The van der Waals surface area contributed by atoms with Crippen molar-refractivity contribution in [3.05, 3.63) is 94.5 Å². The summed E-state index contributed by atoms with van der Waals surface area (Å²) in [6.45, 7) is 1.40. The number of aromatic nitrogens is 1. The Morgan fingerprint density at radius 3 is 2.59 bits per heavy atom. The first kappa shape index (κ1) is 22.8. The SMILES string of the molecule is COC(=O)c1ccc(N=c2oc3c(C)ncc(CO)c3cc2C(=O)Nc2ccccc2F)cc1. The van der Waals surface area contributed by atoms with Gasteiger partial charge in [-0.25, -0.2) is 14.2 Å². The number of rotatable bonds is 5. The molecule has 0 radical (unpaired) electrons. The van der Waals surface area contributed by atoms with Gasteiger partial charge in [0.15, 0.2) is 5.58 Å². The number of carbonyl (C=O) groups is 2. The number of pyridine rings is 1. The Morgan fingerprint density at radius 2 is 1.91 bits per heavy atom. The van der Waals surface area contributed by atoms with E-state index in [1.165, 1.54) is 49.7 Å². The summed E-state index contributed by atoms with van der Waals surface area (Å²) in [7, 11) is 1.28. The molecule has 4 aromatic rings. The van der Waals surface area contributed by atoms with Gasteiger partial charge in [0.1, 0.15) is 11.4 Å². The van der Waals surface area contributed by atoms with Gasteiger partial charge in [-0.3, -0.25) is 9.78 Å². The van der Waals surface area contributed by atoms with E-state index in [1.54, 1.807) is 25.1 Å². The molecule has 2 heterocycles. The van der Waals surface area contributed by atoms with Gasteiger partial charge in [0.2, 0.25) is 5.55 Å². The van der Waals surface area contributed by atoms with Crippen LogP contribution in [0.2, 0.25) is 0 Å². The normalized spacial score (nSPS) is 11.5. The van der Waals surface area contributed by atoms with Crippen molar-refractivity contribution >= 4 is 34.2 Å². The summed E-state index contributed by atoms with van der Waals surface area (Å²) >= 11 is 0. The number of amides is 1. The van der Waals surface area contributed by atoms with Crippen LogP contribution in [0.25, 0.3) is 11.0 Å². The number of halogens is 1. The first-order valence-corrected chi connectivity index (χ1v) is 10.2. The highest BCUT2D eigenvalue weighted by Gasteiger charge is 2.17. The van der Waals surface area contributed by atoms with Crippen LogP contribution in [-0.4, -0.2) is 29.1 Å². The van der Waals surface area contributed by atoms with Crippen molar-refractivity contribution in [1.29, 1.82) is 0 Å². The molecule has 0 fully saturated rings. The summed E-state index contributed by atoms with van der Waals surface area (Å²) < 4.78 is 24.8. The van der Waals surface area contributed by atoms with Crippen LogP contribution in [0.1, 0.15) is 32.0 Å². The number of hydrogen-bond acceptors (Lipinski definition) is 7. The predicted molar refractivity (Wildman–Crippen MR) is 122 cm³/mol. The number of aliphatic hydroxyl groups is 1. The number of carbonyl (C=O) groups excluding carboxylic acids is 2. The summed E-state index contributed by atoms with van der Waals surface area (Å²) in [6.07, 6.45) is 1.49. The van der Waals surface area contributed by atoms with E-state index in [4.69, 9.17) is 9.15 Å². The topological polar surface area (TPSA) is 114 Å². The molecule has 0 spiro atoms. The van der Waals surface area contributed by atoms with Gasteiger partial charge in [-0.05, 0) is 49.4 Å². The highest BCUT2D eigenvalue weighted by molar-refractivity contribution is 6.05. The second-order valence-electron chi connectivity index (χ2n) is 7.32. The number of anilines is 1. The highest BCUT2D eigenvalue weighted by atomic mass is 19.1. The van der Waals surface area contributed by atoms with E-state index in [2.05, 4.69) is 15.3 Å². The average molecular weight is 461 g/mol. The second-order valence-corrected chi connectivity index (χ2v) is 7.32. The molecule has 34 heavy (non-hydrogen) atoms. The maximum Gasteiger partial charge on any atom is 0.337 e. The molecule has 0 aliphatic heterocycles. The van der Waals surface area contributed by atoms with Gasteiger partial charge in [-0.1, -0.05) is 12.1 Å². The molecule has 0 bridgehead atoms. The zero-order chi connectivity index (χ0) is 24.2. The van der Waals surface area contributed by atoms with Crippen LogP contribution < -0.4 is 10.9 Å². The van der Waals surface area contributed by atoms with Gasteiger partial charge in [-0.15, -0.1) is 0 Å². The lowest BCUT2D eigenvalue weighted by atomic mass is 10.1. The van der Waals surface area contributed by atoms with Crippen LogP contribution in [0.5, 0.6) is 0 Å². The Balaban J connectivity index is 1.89. The smallest absolute Gasteiger partial charge is 0.337 e. The average Bonchev–Trinajstić information content (AvgIpc) is 2.85. The van der Waals surface area contributed by atoms with Crippen molar-refractivity contribution in [2.24, 2.45) is 4.99 Å². The molecule has 0 unspecified atom stereocenters. The predicted octanol–water partition coefficient (Wildman–Crippen LogP) is 4.04. The van der Waals surface area contributed by atoms with E-state index in [9.17, 15) is 19.1 Å². The van der Waals surface area contributed by atoms with Crippen molar-refractivity contribution < 1.29 is 28.2 Å². The molecule has 1 amide bonds. The number of aliphatic hydroxyl groups excluding tert-OH is 1. The number of benzene rings is 2. The number of nitrogens with zero attached hydrogens (tertiary/aromatic N) is 2. The third kappa shape index (κ3) is 4.55. The number of ether oxygens (including phenoxy) is 1. The second kappa shape index (κ2) is 9.63. The fraction of sp³-hybridized carbons (Fsp3) is 0.120. The summed E-state index contributed by atoms with van der Waals surface area (Å²) in [5.41, 5.74) is 2.04. The van der Waals surface area contributed by atoms with Crippen molar-refractivity contribution in [2.45, 2.75) is 13.5 Å². The fourth-order valence-electron chi connectivity index (χ4n) is 3.32. The Hall–Kier alpha value is -4.37. The summed E-state index contributed by atoms with van der Waals surface area (Å²) in [4.78, 5) is 33.5. The standard InChI is InChI=1S/C25H20FN3O5/c1-14-22-18(16(13-30)12-27-14)11-19(23(31)29-21-6-4-3-5-20(21)26)24(34-22)28-17-9-7-15(8-10-17)25(32)33-2/h3-12,30H,13H2,1-2H3,(H,29,31). The van der Waals surface area contributed by atoms with Gasteiger partial charge in [-0.2, -0.15) is 0 Å². The van der Waals surface area contributed by atoms with Crippen molar-refractivity contribution in [2.75, 3.05) is 12.4 Å². The number of aryl methyl sites for hydroxylation is 1. The Kier molecular flexibility index (Phi) is 6.46. The van der Waals surface area contributed by atoms with Gasteiger partial charge < -0.3 is 19.6 Å². The molecule has 0 aliphatic carbocycles. The largest absolute Gasteiger partial charge is 0.465 e. The van der Waals surface area contributed by atoms with E-state index in [-0.39, 0.29) is 23.4 Å². The van der Waals surface area contributed by atoms with Gasteiger partial charge in [0, 0.05) is 17.1 Å². The molecule has 8 nitrogen and oxygen atoms in total. The number of esters is 1. The Labute approximate surface area is 193 Å². The van der Waals surface area contributed by atoms with Crippen LogP contribution >= 0.6 is 0 Å². The molecular formula is C25H20FN3O5. The first-order valence-electron chi connectivity index (χ1n) is 10.2. The molecule has 0 aliphatic rings. The third-order valence-electron chi connectivity index (χ3n) is 5.11.